The second-order valence-electron chi connectivity index (χ2n) is 9.94. The molecule has 0 aromatic heterocycles. The molecule has 0 aromatic rings. The average Bonchev–Trinajstić information content (AvgIpc) is 3.34. The van der Waals surface area contributed by atoms with Crippen molar-refractivity contribution in [2.75, 3.05) is 45.8 Å². The highest BCUT2D eigenvalue weighted by Gasteiger charge is 2.42. The highest BCUT2D eigenvalue weighted by Crippen LogP contribution is 2.48. The summed E-state index contributed by atoms with van der Waals surface area (Å²) in [6.45, 7) is 7.83. The van der Waals surface area contributed by atoms with Gasteiger partial charge in [-0.1, -0.05) is 0 Å². The van der Waals surface area contributed by atoms with Crippen LogP contribution in [-0.2, 0) is 35.1 Å². The van der Waals surface area contributed by atoms with Crippen LogP contribution < -0.4 is 21.0 Å². The molecule has 0 spiro atoms. The minimum absolute atomic E-state index is 0.0433. The maximum Gasteiger partial charge on any atom is 0.315 e. The third kappa shape index (κ3) is 11.9. The average molecular weight is 569 g/mol. The minimum atomic E-state index is -2.67. The van der Waals surface area contributed by atoms with E-state index >= 15 is 0 Å². The van der Waals surface area contributed by atoms with Crippen LogP contribution in [0.5, 0.6) is 0 Å². The molecule has 210 valence electrons. The van der Waals surface area contributed by atoms with E-state index in [1.165, 1.54) is 0 Å². The van der Waals surface area contributed by atoms with Gasteiger partial charge in [0, 0.05) is 44.2 Å². The Balaban J connectivity index is 1.62. The third-order valence-corrected chi connectivity index (χ3v) is 10.2. The molecule has 2 aliphatic rings. The van der Waals surface area contributed by atoms with Gasteiger partial charge in [-0.05, 0) is 65.2 Å². The summed E-state index contributed by atoms with van der Waals surface area (Å²) in [7, 11) is 1.66. The predicted octanol–water partition coefficient (Wildman–Crippen LogP) is 2.92. The van der Waals surface area contributed by atoms with Crippen molar-refractivity contribution >= 4 is 42.1 Å². The van der Waals surface area contributed by atoms with E-state index in [-0.39, 0.29) is 30.1 Å². The number of fused-ring (bicyclic) bond motifs is 1. The Morgan fingerprint density at radius 3 is 2.72 bits per heavy atom. The summed E-state index contributed by atoms with van der Waals surface area (Å²) in [5.74, 6) is 0.977. The van der Waals surface area contributed by atoms with Crippen molar-refractivity contribution in [2.45, 2.75) is 88.8 Å². The molecule has 5 unspecified atom stereocenters. The highest BCUT2D eigenvalue weighted by atomic mass is 32.5. The van der Waals surface area contributed by atoms with Gasteiger partial charge in [0.25, 0.3) is 6.64 Å². The van der Waals surface area contributed by atoms with Crippen molar-refractivity contribution < 1.29 is 28.1 Å². The van der Waals surface area contributed by atoms with Crippen LogP contribution in [0.1, 0.15) is 59.8 Å². The van der Waals surface area contributed by atoms with E-state index in [9.17, 15) is 9.59 Å². The second-order valence-corrected chi connectivity index (χ2v) is 14.4. The van der Waals surface area contributed by atoms with Gasteiger partial charge in [0.1, 0.15) is 0 Å². The summed E-state index contributed by atoms with van der Waals surface area (Å²) < 4.78 is 23.0. The Hall–Kier alpha value is -0.460. The van der Waals surface area contributed by atoms with E-state index in [4.69, 9.17) is 30.3 Å². The lowest BCUT2D eigenvalue weighted by atomic mass is 10.0. The van der Waals surface area contributed by atoms with Gasteiger partial charge in [-0.15, -0.1) is 0 Å². The van der Waals surface area contributed by atoms with Crippen LogP contribution in [0.4, 0.5) is 4.79 Å². The number of methoxy groups -OCH3 is 1. The second kappa shape index (κ2) is 15.8. The molecule has 5 atom stereocenters. The number of amides is 3. The van der Waals surface area contributed by atoms with E-state index in [1.807, 2.05) is 39.5 Å². The number of carbonyl (C=O) groups excluding carboxylic acids is 2. The summed E-state index contributed by atoms with van der Waals surface area (Å²) in [5, 5.41) is 12.5. The molecule has 2 rings (SSSR count). The molecule has 2 heterocycles. The Morgan fingerprint density at radius 1 is 1.25 bits per heavy atom. The van der Waals surface area contributed by atoms with E-state index in [1.54, 1.807) is 7.11 Å². The maximum atomic E-state index is 12.3. The largest absolute Gasteiger partial charge is 0.381 e. The molecule has 0 aliphatic carbocycles. The highest BCUT2D eigenvalue weighted by molar-refractivity contribution is 8.09. The van der Waals surface area contributed by atoms with Crippen molar-refractivity contribution in [1.29, 1.82) is 0 Å². The van der Waals surface area contributed by atoms with Gasteiger partial charge in [0.05, 0.1) is 37.0 Å². The Bertz CT molecular complexity index is 742. The topological polar surface area (TPSA) is 119 Å². The summed E-state index contributed by atoms with van der Waals surface area (Å²) in [6.07, 6.45) is 3.48. The van der Waals surface area contributed by atoms with Crippen molar-refractivity contribution in [3.05, 3.63) is 0 Å². The number of nitrogens with one attached hydrogen (secondary N) is 4. The summed E-state index contributed by atoms with van der Waals surface area (Å²) in [6, 6.07) is 0.321. The van der Waals surface area contributed by atoms with Gasteiger partial charge in [-0.3, -0.25) is 4.79 Å². The molecule has 0 aromatic carbocycles. The van der Waals surface area contributed by atoms with Crippen LogP contribution in [0.3, 0.4) is 0 Å². The zero-order valence-electron chi connectivity index (χ0n) is 22.3. The molecule has 3 amide bonds. The zero-order chi connectivity index (χ0) is 26.6. The van der Waals surface area contributed by atoms with E-state index in [2.05, 4.69) is 21.0 Å². The number of hydrogen-bond acceptors (Lipinski definition) is 8. The fraction of sp³-hybridized carbons (Fsp3) is 0.913. The first-order chi connectivity index (χ1) is 17.0. The molecule has 2 aliphatic heterocycles. The van der Waals surface area contributed by atoms with Crippen molar-refractivity contribution in [2.24, 2.45) is 0 Å². The summed E-state index contributed by atoms with van der Waals surface area (Å²) in [4.78, 5) is 23.8. The summed E-state index contributed by atoms with van der Waals surface area (Å²) in [5.41, 5.74) is -0.431. The molecule has 10 nitrogen and oxygen atoms in total. The molecule has 0 saturated carbocycles. The predicted molar refractivity (Wildman–Crippen MR) is 148 cm³/mol. The van der Waals surface area contributed by atoms with Crippen LogP contribution in [0, 0.1) is 0 Å². The first-order valence-corrected chi connectivity index (χ1v) is 16.5. The zero-order valence-corrected chi connectivity index (χ0v) is 24.8. The quantitative estimate of drug-likeness (QED) is 0.112. The Morgan fingerprint density at radius 2 is 2.03 bits per heavy atom. The van der Waals surface area contributed by atoms with E-state index in [0.717, 1.165) is 18.6 Å². The van der Waals surface area contributed by atoms with Crippen molar-refractivity contribution in [3.8, 4) is 0 Å². The third-order valence-electron chi connectivity index (χ3n) is 5.80. The lowest BCUT2D eigenvalue weighted by Gasteiger charge is -2.31. The number of urea groups is 1. The van der Waals surface area contributed by atoms with Crippen LogP contribution in [-0.4, -0.2) is 86.7 Å². The fourth-order valence-electron chi connectivity index (χ4n) is 4.12. The first kappa shape index (κ1) is 31.8. The van der Waals surface area contributed by atoms with Crippen LogP contribution in [0.2, 0.25) is 0 Å². The van der Waals surface area contributed by atoms with Crippen LogP contribution in [0.15, 0.2) is 0 Å². The SMILES string of the molecule is CCOCCNP(=S)(OCCC(CCNC(=O)CCCC1SCC2NC(=O)NC21)OC)OC(C)(C)C. The van der Waals surface area contributed by atoms with Gasteiger partial charge >= 0.3 is 6.03 Å². The molecule has 0 bridgehead atoms. The minimum Gasteiger partial charge on any atom is -0.381 e. The van der Waals surface area contributed by atoms with Crippen molar-refractivity contribution in [1.82, 2.24) is 21.0 Å². The molecule has 36 heavy (non-hydrogen) atoms. The number of hydrogen-bond donors (Lipinski definition) is 4. The Kier molecular flexibility index (Phi) is 14.0. The van der Waals surface area contributed by atoms with Crippen LogP contribution in [0.25, 0.3) is 0 Å². The standard InChI is InChI=1S/C23H45N4O6PS2/c1-6-31-15-13-25-34(35,33-23(2,3)4)32-14-11-17(30-5)10-12-24-20(28)9-7-8-19-21-18(16-36-19)26-22(29)27-21/h17-19,21H,6-16H2,1-5H3,(H,24,28)(H,25,35)(H2,26,27,29). The monoisotopic (exact) mass is 568 g/mol. The van der Waals surface area contributed by atoms with Crippen molar-refractivity contribution in [3.63, 3.8) is 0 Å². The van der Waals surface area contributed by atoms with Gasteiger partial charge < -0.3 is 34.5 Å². The molecule has 13 heteroatoms. The van der Waals surface area contributed by atoms with Gasteiger partial charge in [-0.25, -0.2) is 9.88 Å². The molecular formula is C23H45N4O6PS2. The lowest BCUT2D eigenvalue weighted by molar-refractivity contribution is -0.121. The smallest absolute Gasteiger partial charge is 0.315 e. The first-order valence-electron chi connectivity index (χ1n) is 12.8. The number of carbonyl (C=O) groups is 2. The summed E-state index contributed by atoms with van der Waals surface area (Å²) >= 11 is 7.57. The van der Waals surface area contributed by atoms with Crippen LogP contribution >= 0.6 is 18.4 Å². The molecule has 4 N–H and O–H groups in total. The van der Waals surface area contributed by atoms with Gasteiger partial charge in [0.15, 0.2) is 0 Å². The van der Waals surface area contributed by atoms with E-state index < -0.39 is 12.2 Å². The van der Waals surface area contributed by atoms with Gasteiger partial charge in [-0.2, -0.15) is 11.8 Å². The molecule has 0 radical (unpaired) electrons. The number of rotatable bonds is 18. The molecule has 2 fully saturated rings. The normalized spacial score (nSPS) is 24.0. The Labute approximate surface area is 225 Å². The lowest BCUT2D eigenvalue weighted by Crippen LogP contribution is -2.37. The number of thioether (sulfide) groups is 1. The molecule has 2 saturated heterocycles. The fourth-order valence-corrected chi connectivity index (χ4v) is 8.47. The molecular weight excluding hydrogens is 523 g/mol. The number of ether oxygens (including phenoxy) is 2. The van der Waals surface area contributed by atoms with E-state index in [0.29, 0.717) is 57.4 Å². The maximum absolute atomic E-state index is 12.3. The van der Waals surface area contributed by atoms with Gasteiger partial charge in [0.2, 0.25) is 5.91 Å².